The fourth-order valence-electron chi connectivity index (χ4n) is 1.84. The van der Waals surface area contributed by atoms with Crippen molar-refractivity contribution in [3.63, 3.8) is 0 Å². The van der Waals surface area contributed by atoms with Crippen molar-refractivity contribution in [2.75, 3.05) is 6.54 Å². The van der Waals surface area contributed by atoms with Crippen LogP contribution >= 0.6 is 0 Å². The highest BCUT2D eigenvalue weighted by Crippen LogP contribution is 2.22. The Hall–Kier alpha value is -2.70. The Morgan fingerprint density at radius 3 is 2.77 bits per heavy atom. The standard InChI is InChI=1S/C15H17FN4O2/c1-9(2)8-17-15(21)19-13(14-18-10(3)22-20-14)11-6-4-5-7-12(11)16/h4-7,13H,1,8H2,2-3H3,(H2,17,19,21). The van der Waals surface area contributed by atoms with Crippen LogP contribution in [0.5, 0.6) is 0 Å². The Morgan fingerprint density at radius 2 is 2.18 bits per heavy atom. The van der Waals surface area contributed by atoms with Crippen molar-refractivity contribution >= 4 is 6.03 Å². The molecular formula is C15H17FN4O2. The van der Waals surface area contributed by atoms with Crippen molar-refractivity contribution in [1.82, 2.24) is 20.8 Å². The van der Waals surface area contributed by atoms with Crippen molar-refractivity contribution < 1.29 is 13.7 Å². The molecule has 0 fully saturated rings. The molecule has 1 unspecified atom stereocenters. The molecule has 116 valence electrons. The highest BCUT2D eigenvalue weighted by Gasteiger charge is 2.24. The zero-order valence-corrected chi connectivity index (χ0v) is 12.4. The molecule has 1 heterocycles. The number of halogens is 1. The Kier molecular flexibility index (Phi) is 4.88. The Bertz CT molecular complexity index is 684. The number of nitrogens with zero attached hydrogens (tertiary/aromatic N) is 2. The molecule has 0 spiro atoms. The molecule has 2 amide bonds. The van der Waals surface area contributed by atoms with Crippen LogP contribution in [0, 0.1) is 12.7 Å². The third-order valence-corrected chi connectivity index (χ3v) is 2.84. The summed E-state index contributed by atoms with van der Waals surface area (Å²) in [5.41, 5.74) is 1.06. The minimum absolute atomic E-state index is 0.188. The van der Waals surface area contributed by atoms with Crippen LogP contribution in [0.15, 0.2) is 40.9 Å². The van der Waals surface area contributed by atoms with E-state index in [4.69, 9.17) is 4.52 Å². The van der Waals surface area contributed by atoms with Gasteiger partial charge in [-0.1, -0.05) is 35.5 Å². The molecule has 1 aromatic heterocycles. The molecule has 0 aliphatic heterocycles. The molecule has 22 heavy (non-hydrogen) atoms. The number of aryl methyl sites for hydroxylation is 1. The van der Waals surface area contributed by atoms with Crippen LogP contribution < -0.4 is 10.6 Å². The van der Waals surface area contributed by atoms with Gasteiger partial charge in [-0.3, -0.25) is 0 Å². The van der Waals surface area contributed by atoms with Crippen molar-refractivity contribution in [1.29, 1.82) is 0 Å². The Labute approximate surface area is 127 Å². The number of aromatic nitrogens is 2. The van der Waals surface area contributed by atoms with Crippen molar-refractivity contribution in [2.24, 2.45) is 0 Å². The zero-order chi connectivity index (χ0) is 16.1. The third kappa shape index (κ3) is 3.91. The normalized spacial score (nSPS) is 11.8. The summed E-state index contributed by atoms with van der Waals surface area (Å²) in [6.07, 6.45) is 0. The molecule has 0 aliphatic carbocycles. The molecule has 6 nitrogen and oxygen atoms in total. The predicted octanol–water partition coefficient (Wildman–Crippen LogP) is 2.48. The van der Waals surface area contributed by atoms with E-state index in [1.54, 1.807) is 32.0 Å². The van der Waals surface area contributed by atoms with Crippen LogP contribution in [0.4, 0.5) is 9.18 Å². The first-order valence-electron chi connectivity index (χ1n) is 6.70. The van der Waals surface area contributed by atoms with Gasteiger partial charge >= 0.3 is 6.03 Å². The molecule has 0 aliphatic rings. The number of hydrogen-bond acceptors (Lipinski definition) is 4. The number of carbonyl (C=O) groups excluding carboxylic acids is 1. The van der Waals surface area contributed by atoms with Gasteiger partial charge in [0.15, 0.2) is 5.82 Å². The van der Waals surface area contributed by atoms with Crippen LogP contribution in [0.25, 0.3) is 0 Å². The van der Waals surface area contributed by atoms with Gasteiger partial charge in [0.05, 0.1) is 0 Å². The van der Waals surface area contributed by atoms with Gasteiger partial charge < -0.3 is 15.2 Å². The van der Waals surface area contributed by atoms with Gasteiger partial charge in [-0.05, 0) is 13.0 Å². The average molecular weight is 304 g/mol. The molecule has 0 saturated heterocycles. The van der Waals surface area contributed by atoms with E-state index in [0.717, 1.165) is 5.57 Å². The first kappa shape index (κ1) is 15.7. The number of carbonyl (C=O) groups is 1. The van der Waals surface area contributed by atoms with Crippen molar-refractivity contribution in [2.45, 2.75) is 19.9 Å². The molecule has 2 N–H and O–H groups in total. The summed E-state index contributed by atoms with van der Waals surface area (Å²) in [6, 6.07) is 4.79. The fourth-order valence-corrected chi connectivity index (χ4v) is 1.84. The first-order chi connectivity index (χ1) is 10.5. The van der Waals surface area contributed by atoms with Gasteiger partial charge in [0.2, 0.25) is 5.89 Å². The van der Waals surface area contributed by atoms with Gasteiger partial charge in [-0.15, -0.1) is 0 Å². The molecule has 2 rings (SSSR count). The largest absolute Gasteiger partial charge is 0.340 e. The maximum Gasteiger partial charge on any atom is 0.315 e. The number of hydrogen-bond donors (Lipinski definition) is 2. The number of rotatable bonds is 5. The van der Waals surface area contributed by atoms with Crippen LogP contribution in [0.1, 0.15) is 30.2 Å². The first-order valence-corrected chi connectivity index (χ1v) is 6.70. The van der Waals surface area contributed by atoms with Crippen LogP contribution in [0.2, 0.25) is 0 Å². The number of nitrogens with one attached hydrogen (secondary N) is 2. The predicted molar refractivity (Wildman–Crippen MR) is 78.6 cm³/mol. The maximum absolute atomic E-state index is 14.0. The van der Waals surface area contributed by atoms with Gasteiger partial charge in [0.25, 0.3) is 0 Å². The summed E-state index contributed by atoms with van der Waals surface area (Å²) >= 11 is 0. The molecule has 1 aromatic carbocycles. The molecule has 2 aromatic rings. The molecule has 7 heteroatoms. The summed E-state index contributed by atoms with van der Waals surface area (Å²) in [7, 11) is 0. The van der Waals surface area contributed by atoms with Crippen molar-refractivity contribution in [3.8, 4) is 0 Å². The van der Waals surface area contributed by atoms with Crippen LogP contribution in [-0.2, 0) is 0 Å². The zero-order valence-electron chi connectivity index (χ0n) is 12.4. The minimum Gasteiger partial charge on any atom is -0.340 e. The van der Waals surface area contributed by atoms with Crippen molar-refractivity contribution in [3.05, 3.63) is 59.5 Å². The quantitative estimate of drug-likeness (QED) is 0.832. The van der Waals surface area contributed by atoms with E-state index >= 15 is 0 Å². The van der Waals surface area contributed by atoms with Gasteiger partial charge in [0.1, 0.15) is 11.9 Å². The lowest BCUT2D eigenvalue weighted by Gasteiger charge is -2.17. The second-order valence-corrected chi connectivity index (χ2v) is 4.91. The van der Waals surface area contributed by atoms with Crippen LogP contribution in [0.3, 0.4) is 0 Å². The van der Waals surface area contributed by atoms with E-state index in [0.29, 0.717) is 12.4 Å². The molecular weight excluding hydrogens is 287 g/mol. The molecule has 0 radical (unpaired) electrons. The van der Waals surface area contributed by atoms with Crippen LogP contribution in [-0.4, -0.2) is 22.7 Å². The second kappa shape index (κ2) is 6.84. The lowest BCUT2D eigenvalue weighted by Crippen LogP contribution is -2.39. The van der Waals surface area contributed by atoms with E-state index in [9.17, 15) is 9.18 Å². The second-order valence-electron chi connectivity index (χ2n) is 4.91. The Morgan fingerprint density at radius 1 is 1.45 bits per heavy atom. The summed E-state index contributed by atoms with van der Waals surface area (Å²) in [4.78, 5) is 16.0. The van der Waals surface area contributed by atoms with E-state index < -0.39 is 17.9 Å². The highest BCUT2D eigenvalue weighted by molar-refractivity contribution is 5.75. The summed E-state index contributed by atoms with van der Waals surface area (Å²) < 4.78 is 18.9. The third-order valence-electron chi connectivity index (χ3n) is 2.84. The molecule has 1 atom stereocenters. The van der Waals surface area contributed by atoms with E-state index in [-0.39, 0.29) is 11.4 Å². The van der Waals surface area contributed by atoms with Gasteiger partial charge in [-0.2, -0.15) is 4.98 Å². The van der Waals surface area contributed by atoms with Gasteiger partial charge in [0, 0.05) is 19.0 Å². The van der Waals surface area contributed by atoms with Gasteiger partial charge in [-0.25, -0.2) is 9.18 Å². The summed E-state index contributed by atoms with van der Waals surface area (Å²) in [6.45, 7) is 7.43. The lowest BCUT2D eigenvalue weighted by molar-refractivity contribution is 0.238. The smallest absolute Gasteiger partial charge is 0.315 e. The SMILES string of the molecule is C=C(C)CNC(=O)NC(c1noc(C)n1)c1ccccc1F. The van der Waals surface area contributed by atoms with E-state index in [1.807, 2.05) is 0 Å². The number of amides is 2. The van der Waals surface area contributed by atoms with E-state index in [2.05, 4.69) is 27.4 Å². The van der Waals surface area contributed by atoms with E-state index in [1.165, 1.54) is 6.07 Å². The summed E-state index contributed by atoms with van der Waals surface area (Å²) in [5, 5.41) is 9.03. The highest BCUT2D eigenvalue weighted by atomic mass is 19.1. The minimum atomic E-state index is -0.844. The lowest BCUT2D eigenvalue weighted by atomic mass is 10.1. The number of urea groups is 1. The molecule has 0 saturated carbocycles. The fraction of sp³-hybridized carbons (Fsp3) is 0.267. The topological polar surface area (TPSA) is 80.0 Å². The summed E-state index contributed by atoms with van der Waals surface area (Å²) in [5.74, 6) is 0.0590. The number of benzene rings is 1. The monoisotopic (exact) mass is 304 g/mol. The average Bonchev–Trinajstić information content (AvgIpc) is 2.90. The molecule has 0 bridgehead atoms. The maximum atomic E-state index is 14.0. The Balaban J connectivity index is 2.25.